The van der Waals surface area contributed by atoms with Gasteiger partial charge in [-0.25, -0.2) is 14.4 Å². The molecule has 0 aromatic rings. The van der Waals surface area contributed by atoms with Gasteiger partial charge in [0, 0.05) is 16.8 Å². The number of carboxylic acids is 2. The molecule has 7 nitrogen and oxygen atoms in total. The van der Waals surface area contributed by atoms with Gasteiger partial charge in [0.1, 0.15) is 0 Å². The zero-order valence-corrected chi connectivity index (χ0v) is 5.89. The quantitative estimate of drug-likeness (QED) is 0.392. The van der Waals surface area contributed by atoms with Gasteiger partial charge in [-0.3, -0.25) is 0 Å². The predicted molar refractivity (Wildman–Crippen MR) is 25.9 cm³/mol. The summed E-state index contributed by atoms with van der Waals surface area (Å²) < 4.78 is 0. The van der Waals surface area contributed by atoms with Gasteiger partial charge in [-0.2, -0.15) is 0 Å². The van der Waals surface area contributed by atoms with E-state index in [4.69, 9.17) is 34.8 Å². The van der Waals surface area contributed by atoms with Crippen LogP contribution in [0, 0.1) is 0 Å². The fourth-order valence-electron chi connectivity index (χ4n) is 0. The molecule has 67 valence electrons. The Labute approximate surface area is 70.5 Å². The average Bonchev–Trinajstić information content (AvgIpc) is 1.63. The molecule has 4 N–H and O–H groups in total. The van der Waals surface area contributed by atoms with Crippen molar-refractivity contribution >= 4 is 18.1 Å². The molecule has 0 amide bonds. The summed E-state index contributed by atoms with van der Waals surface area (Å²) in [6.45, 7) is 0. The molecule has 0 aliphatic carbocycles. The molecule has 0 spiro atoms. The largest absolute Gasteiger partial charge is 0.503 e. The monoisotopic (exact) mass is 211 g/mol. The number of rotatable bonds is 0. The van der Waals surface area contributed by atoms with Crippen LogP contribution in [-0.2, 0) is 26.4 Å². The Hall–Kier alpha value is -1.28. The predicted octanol–water partition coefficient (Wildman–Crippen LogP) is -0.624. The Balaban J connectivity index is -0.000000114. The summed E-state index contributed by atoms with van der Waals surface area (Å²) in [4.78, 5) is 26.8. The molecule has 0 bridgehead atoms. The van der Waals surface area contributed by atoms with Crippen LogP contribution < -0.4 is 0 Å². The van der Waals surface area contributed by atoms with Crippen LogP contribution in [0.5, 0.6) is 0 Å². The third-order valence-electron chi connectivity index (χ3n) is 0.183. The number of aliphatic carboxylic acids is 2. The molecule has 0 aliphatic rings. The van der Waals surface area contributed by atoms with Gasteiger partial charge in [-0.15, -0.1) is 0 Å². The molecule has 0 saturated heterocycles. The Morgan fingerprint density at radius 2 is 0.818 bits per heavy atom. The zero-order chi connectivity index (χ0) is 8.73. The fourth-order valence-corrected chi connectivity index (χ4v) is 0. The minimum atomic E-state index is -1.83. The van der Waals surface area contributed by atoms with Gasteiger partial charge in [0.25, 0.3) is 0 Å². The first kappa shape index (κ1) is 16.4. The zero-order valence-electron chi connectivity index (χ0n) is 4.85. The number of hydrogen-bond donors (Lipinski definition) is 4. The fraction of sp³-hybridized carbons (Fsp3) is 0. The summed E-state index contributed by atoms with van der Waals surface area (Å²) in [5.74, 6) is -3.65. The maximum absolute atomic E-state index is 9.10. The van der Waals surface area contributed by atoms with Gasteiger partial charge in [0.05, 0.1) is 0 Å². The number of hydrogen-bond acceptors (Lipinski definition) is 3. The Kier molecular flexibility index (Phi) is 13.0. The van der Waals surface area contributed by atoms with Crippen LogP contribution in [0.3, 0.4) is 0 Å². The van der Waals surface area contributed by atoms with Crippen molar-refractivity contribution in [1.82, 2.24) is 0 Å². The summed E-state index contributed by atoms with van der Waals surface area (Å²) in [5.41, 5.74) is 0. The van der Waals surface area contributed by atoms with Crippen LogP contribution in [0.25, 0.3) is 0 Å². The standard InChI is InChI=1S/C2H2O4.CH2O3.Co/c3-1(4)2(5)6;2-1(3)4;/h(H,3,4)(H,5,6);(H2,2,3,4);. The van der Waals surface area contributed by atoms with Crippen LogP contribution in [0.4, 0.5) is 4.79 Å². The van der Waals surface area contributed by atoms with Crippen molar-refractivity contribution in [1.29, 1.82) is 0 Å². The summed E-state index contributed by atoms with van der Waals surface area (Å²) in [5, 5.41) is 28.7. The van der Waals surface area contributed by atoms with E-state index in [0.717, 1.165) is 0 Å². The van der Waals surface area contributed by atoms with E-state index < -0.39 is 18.1 Å². The molecule has 0 aromatic heterocycles. The van der Waals surface area contributed by atoms with Gasteiger partial charge in [0.2, 0.25) is 0 Å². The van der Waals surface area contributed by atoms with Crippen molar-refractivity contribution in [3.8, 4) is 0 Å². The van der Waals surface area contributed by atoms with E-state index in [0.29, 0.717) is 0 Å². The van der Waals surface area contributed by atoms with Crippen LogP contribution in [0.15, 0.2) is 0 Å². The van der Waals surface area contributed by atoms with E-state index in [1.54, 1.807) is 0 Å². The van der Waals surface area contributed by atoms with Gasteiger partial charge >= 0.3 is 18.1 Å². The topological polar surface area (TPSA) is 132 Å². The Bertz CT molecular complexity index is 136. The molecule has 0 heterocycles. The van der Waals surface area contributed by atoms with Gasteiger partial charge in [-0.1, -0.05) is 0 Å². The maximum atomic E-state index is 9.10. The maximum Gasteiger partial charge on any atom is 0.503 e. The van der Waals surface area contributed by atoms with Crippen molar-refractivity contribution < 1.29 is 51.6 Å². The molecule has 8 heteroatoms. The van der Waals surface area contributed by atoms with Gasteiger partial charge < -0.3 is 20.4 Å². The minimum absolute atomic E-state index is 0. The van der Waals surface area contributed by atoms with E-state index >= 15 is 0 Å². The van der Waals surface area contributed by atoms with Crippen LogP contribution >= 0.6 is 0 Å². The van der Waals surface area contributed by atoms with Crippen molar-refractivity contribution in [2.45, 2.75) is 0 Å². The third kappa shape index (κ3) is 53.3. The molecular formula is C3H4CoO7. The third-order valence-corrected chi connectivity index (χ3v) is 0.183. The molecule has 0 unspecified atom stereocenters. The van der Waals surface area contributed by atoms with E-state index in [2.05, 4.69) is 0 Å². The normalized spacial score (nSPS) is 6.18. The first-order valence-electron chi connectivity index (χ1n) is 1.76. The minimum Gasteiger partial charge on any atom is -0.473 e. The smallest absolute Gasteiger partial charge is 0.473 e. The molecule has 0 saturated carbocycles. The van der Waals surface area contributed by atoms with Gasteiger partial charge in [-0.05, 0) is 0 Å². The summed E-state index contributed by atoms with van der Waals surface area (Å²) in [6.07, 6.45) is -1.83. The first-order valence-corrected chi connectivity index (χ1v) is 1.76. The second-order valence-corrected chi connectivity index (χ2v) is 0.893. The molecule has 0 aliphatic heterocycles. The van der Waals surface area contributed by atoms with E-state index in [1.807, 2.05) is 0 Å². The summed E-state index contributed by atoms with van der Waals surface area (Å²) in [6, 6.07) is 0. The van der Waals surface area contributed by atoms with Crippen molar-refractivity contribution in [3.05, 3.63) is 0 Å². The first-order chi connectivity index (χ1) is 4.37. The molecule has 0 rings (SSSR count). The Morgan fingerprint density at radius 1 is 0.727 bits per heavy atom. The molecule has 11 heavy (non-hydrogen) atoms. The molecule has 1 radical (unpaired) electrons. The van der Waals surface area contributed by atoms with Crippen molar-refractivity contribution in [3.63, 3.8) is 0 Å². The number of carboxylic acid groups (broad SMARTS) is 4. The van der Waals surface area contributed by atoms with Crippen molar-refractivity contribution in [2.24, 2.45) is 0 Å². The van der Waals surface area contributed by atoms with E-state index in [1.165, 1.54) is 0 Å². The average molecular weight is 211 g/mol. The molecular weight excluding hydrogens is 207 g/mol. The second kappa shape index (κ2) is 8.72. The molecule has 0 aromatic carbocycles. The number of carbonyl (C=O) groups is 3. The van der Waals surface area contributed by atoms with Crippen LogP contribution in [0.2, 0.25) is 0 Å². The van der Waals surface area contributed by atoms with Crippen molar-refractivity contribution in [2.75, 3.05) is 0 Å². The Morgan fingerprint density at radius 3 is 0.818 bits per heavy atom. The summed E-state index contributed by atoms with van der Waals surface area (Å²) >= 11 is 0. The van der Waals surface area contributed by atoms with E-state index in [-0.39, 0.29) is 16.8 Å². The molecule has 0 atom stereocenters. The van der Waals surface area contributed by atoms with Crippen LogP contribution in [0.1, 0.15) is 0 Å². The van der Waals surface area contributed by atoms with Gasteiger partial charge in [0.15, 0.2) is 0 Å². The summed E-state index contributed by atoms with van der Waals surface area (Å²) in [7, 11) is 0. The SMILES string of the molecule is O=C(O)C(=O)O.O=C(O)O.[Co]. The van der Waals surface area contributed by atoms with E-state index in [9.17, 15) is 0 Å². The van der Waals surface area contributed by atoms with Crippen LogP contribution in [-0.4, -0.2) is 38.5 Å². The molecule has 0 fully saturated rings. The second-order valence-electron chi connectivity index (χ2n) is 0.893.